The van der Waals surface area contributed by atoms with Gasteiger partial charge in [-0.25, -0.2) is 0 Å². The molecule has 0 saturated carbocycles. The number of ether oxygens (including phenoxy) is 2. The van der Waals surface area contributed by atoms with Gasteiger partial charge >= 0.3 is 0 Å². The number of anilines is 1. The van der Waals surface area contributed by atoms with Crippen LogP contribution in [0.25, 0.3) is 6.08 Å². The molecule has 2 rings (SSSR count). The molecule has 0 aromatic heterocycles. The highest BCUT2D eigenvalue weighted by Gasteiger charge is 2.05. The number of carbonyl (C=O) groups excluding carboxylic acids is 1. The fourth-order valence-corrected chi connectivity index (χ4v) is 2.11. The predicted octanol–water partition coefficient (Wildman–Crippen LogP) is 4.14. The number of terminal acetylenes is 1. The van der Waals surface area contributed by atoms with Gasteiger partial charge in [0.2, 0.25) is 5.91 Å². The molecule has 0 aliphatic rings. The molecule has 0 bridgehead atoms. The Morgan fingerprint density at radius 1 is 1.20 bits per heavy atom. The first-order chi connectivity index (χ1) is 12.2. The van der Waals surface area contributed by atoms with Crippen LogP contribution >= 0.6 is 0 Å². The van der Waals surface area contributed by atoms with Gasteiger partial charge in [0.15, 0.2) is 0 Å². The summed E-state index contributed by atoms with van der Waals surface area (Å²) < 4.78 is 10.8. The van der Waals surface area contributed by atoms with E-state index in [4.69, 9.17) is 15.9 Å². The number of para-hydroxylation sites is 2. The molecule has 4 heteroatoms. The van der Waals surface area contributed by atoms with Gasteiger partial charge in [0, 0.05) is 12.5 Å². The Morgan fingerprint density at radius 2 is 1.96 bits per heavy atom. The van der Waals surface area contributed by atoms with E-state index in [0.717, 1.165) is 17.7 Å². The zero-order valence-corrected chi connectivity index (χ0v) is 14.2. The summed E-state index contributed by atoms with van der Waals surface area (Å²) in [5.41, 5.74) is 1.54. The SMILES string of the molecule is C#CCCCOc1ccccc1NC(=O)/C=C/c1ccc(OC)cc1. The van der Waals surface area contributed by atoms with Gasteiger partial charge < -0.3 is 14.8 Å². The lowest BCUT2D eigenvalue weighted by atomic mass is 10.2. The molecule has 1 amide bonds. The van der Waals surface area contributed by atoms with Crippen molar-refractivity contribution >= 4 is 17.7 Å². The summed E-state index contributed by atoms with van der Waals surface area (Å²) in [5.74, 6) is 3.75. The van der Waals surface area contributed by atoms with E-state index in [2.05, 4.69) is 11.2 Å². The first-order valence-corrected chi connectivity index (χ1v) is 8.01. The van der Waals surface area contributed by atoms with Crippen molar-refractivity contribution in [3.63, 3.8) is 0 Å². The molecule has 0 fully saturated rings. The van der Waals surface area contributed by atoms with Crippen molar-refractivity contribution in [2.45, 2.75) is 12.8 Å². The van der Waals surface area contributed by atoms with Crippen LogP contribution in [0, 0.1) is 12.3 Å². The smallest absolute Gasteiger partial charge is 0.248 e. The summed E-state index contributed by atoms with van der Waals surface area (Å²) >= 11 is 0. The molecule has 128 valence electrons. The molecule has 0 aliphatic heterocycles. The summed E-state index contributed by atoms with van der Waals surface area (Å²) in [5, 5.41) is 2.83. The van der Waals surface area contributed by atoms with E-state index in [0.29, 0.717) is 24.5 Å². The van der Waals surface area contributed by atoms with Gasteiger partial charge in [0.05, 0.1) is 19.4 Å². The Morgan fingerprint density at radius 3 is 2.68 bits per heavy atom. The van der Waals surface area contributed by atoms with Crippen LogP contribution in [0.3, 0.4) is 0 Å². The molecule has 25 heavy (non-hydrogen) atoms. The van der Waals surface area contributed by atoms with E-state index in [1.165, 1.54) is 6.08 Å². The highest BCUT2D eigenvalue weighted by Crippen LogP contribution is 2.24. The average molecular weight is 335 g/mol. The van der Waals surface area contributed by atoms with Crippen LogP contribution < -0.4 is 14.8 Å². The number of carbonyl (C=O) groups is 1. The van der Waals surface area contributed by atoms with Crippen molar-refractivity contribution in [2.75, 3.05) is 19.0 Å². The number of methoxy groups -OCH3 is 1. The van der Waals surface area contributed by atoms with Gasteiger partial charge in [-0.15, -0.1) is 12.3 Å². The second-order valence-electron chi connectivity index (χ2n) is 5.25. The van der Waals surface area contributed by atoms with E-state index in [1.54, 1.807) is 19.3 Å². The fraction of sp³-hybridized carbons (Fsp3) is 0.190. The zero-order valence-electron chi connectivity index (χ0n) is 14.2. The maximum Gasteiger partial charge on any atom is 0.248 e. The lowest BCUT2D eigenvalue weighted by Crippen LogP contribution is -2.09. The van der Waals surface area contributed by atoms with Crippen molar-refractivity contribution < 1.29 is 14.3 Å². The lowest BCUT2D eigenvalue weighted by molar-refractivity contribution is -0.111. The average Bonchev–Trinajstić information content (AvgIpc) is 2.65. The van der Waals surface area contributed by atoms with Crippen LogP contribution in [0.2, 0.25) is 0 Å². The van der Waals surface area contributed by atoms with E-state index in [-0.39, 0.29) is 5.91 Å². The number of benzene rings is 2. The molecule has 0 radical (unpaired) electrons. The summed E-state index contributed by atoms with van der Waals surface area (Å²) in [6.45, 7) is 0.513. The number of hydrogen-bond donors (Lipinski definition) is 1. The normalized spacial score (nSPS) is 10.2. The first kappa shape index (κ1) is 18.2. The summed E-state index contributed by atoms with van der Waals surface area (Å²) in [4.78, 5) is 12.1. The Labute approximate surface area is 148 Å². The molecule has 0 spiro atoms. The Hall–Kier alpha value is -3.19. The summed E-state index contributed by atoms with van der Waals surface area (Å²) in [6.07, 6.45) is 9.89. The van der Waals surface area contributed by atoms with Crippen LogP contribution in [-0.2, 0) is 4.79 Å². The molecule has 1 N–H and O–H groups in total. The van der Waals surface area contributed by atoms with Crippen LogP contribution in [0.5, 0.6) is 11.5 Å². The second kappa shape index (κ2) is 9.84. The maximum absolute atomic E-state index is 12.1. The molecule has 0 atom stereocenters. The van der Waals surface area contributed by atoms with Crippen molar-refractivity contribution in [1.82, 2.24) is 0 Å². The number of unbranched alkanes of at least 4 members (excludes halogenated alkanes) is 1. The molecule has 0 unspecified atom stereocenters. The van der Waals surface area contributed by atoms with Gasteiger partial charge in [0.25, 0.3) is 0 Å². The predicted molar refractivity (Wildman–Crippen MR) is 101 cm³/mol. The standard InChI is InChI=1S/C21H21NO3/c1-3-4-7-16-25-20-9-6-5-8-19(20)22-21(23)15-12-17-10-13-18(24-2)14-11-17/h1,5-6,8-15H,4,7,16H2,2H3,(H,22,23)/b15-12+. The summed E-state index contributed by atoms with van der Waals surface area (Å²) in [6, 6.07) is 14.8. The third-order valence-electron chi connectivity index (χ3n) is 3.41. The lowest BCUT2D eigenvalue weighted by Gasteiger charge is -2.11. The highest BCUT2D eigenvalue weighted by atomic mass is 16.5. The topological polar surface area (TPSA) is 47.6 Å². The Bertz CT molecular complexity index is 757. The van der Waals surface area contributed by atoms with Crippen molar-refractivity contribution in [1.29, 1.82) is 0 Å². The monoisotopic (exact) mass is 335 g/mol. The third kappa shape index (κ3) is 6.08. The minimum Gasteiger partial charge on any atom is -0.497 e. The number of rotatable bonds is 8. The molecular formula is C21H21NO3. The van der Waals surface area contributed by atoms with Crippen molar-refractivity contribution in [2.24, 2.45) is 0 Å². The minimum atomic E-state index is -0.226. The van der Waals surface area contributed by atoms with Crippen molar-refractivity contribution in [3.05, 3.63) is 60.2 Å². The minimum absolute atomic E-state index is 0.226. The highest BCUT2D eigenvalue weighted by molar-refractivity contribution is 6.02. The molecular weight excluding hydrogens is 314 g/mol. The van der Waals surface area contributed by atoms with Gasteiger partial charge in [-0.05, 0) is 42.3 Å². The van der Waals surface area contributed by atoms with Crippen molar-refractivity contribution in [3.8, 4) is 23.8 Å². The summed E-state index contributed by atoms with van der Waals surface area (Å²) in [7, 11) is 1.62. The van der Waals surface area contributed by atoms with E-state index >= 15 is 0 Å². The first-order valence-electron chi connectivity index (χ1n) is 8.01. The quantitative estimate of drug-likeness (QED) is 0.448. The number of hydrogen-bond acceptors (Lipinski definition) is 3. The number of nitrogens with one attached hydrogen (secondary N) is 1. The van der Waals surface area contributed by atoms with E-state index in [9.17, 15) is 4.79 Å². The van der Waals surface area contributed by atoms with Crippen LogP contribution in [0.15, 0.2) is 54.6 Å². The molecule has 2 aromatic rings. The van der Waals surface area contributed by atoms with Crippen LogP contribution in [0.4, 0.5) is 5.69 Å². The molecule has 4 nitrogen and oxygen atoms in total. The van der Waals surface area contributed by atoms with Gasteiger partial charge in [-0.3, -0.25) is 4.79 Å². The Kier molecular flexibility index (Phi) is 7.14. The number of amides is 1. The third-order valence-corrected chi connectivity index (χ3v) is 3.41. The second-order valence-corrected chi connectivity index (χ2v) is 5.25. The maximum atomic E-state index is 12.1. The molecule has 2 aromatic carbocycles. The van der Waals surface area contributed by atoms with E-state index < -0.39 is 0 Å². The fourth-order valence-electron chi connectivity index (χ4n) is 2.11. The van der Waals surface area contributed by atoms with Crippen LogP contribution in [-0.4, -0.2) is 19.6 Å². The molecule has 0 heterocycles. The molecule has 0 saturated heterocycles. The van der Waals surface area contributed by atoms with Crippen LogP contribution in [0.1, 0.15) is 18.4 Å². The van der Waals surface area contributed by atoms with E-state index in [1.807, 2.05) is 42.5 Å². The molecule has 0 aliphatic carbocycles. The zero-order chi connectivity index (χ0) is 17.9. The Balaban J connectivity index is 1.95. The largest absolute Gasteiger partial charge is 0.497 e. The van der Waals surface area contributed by atoms with Gasteiger partial charge in [-0.1, -0.05) is 24.3 Å². The van der Waals surface area contributed by atoms with Gasteiger partial charge in [0.1, 0.15) is 11.5 Å². The van der Waals surface area contributed by atoms with Gasteiger partial charge in [-0.2, -0.15) is 0 Å².